The lowest BCUT2D eigenvalue weighted by molar-refractivity contribution is -0.118. The molecule has 0 saturated heterocycles. The first-order valence-corrected chi connectivity index (χ1v) is 9.36. The minimum absolute atomic E-state index is 0.146. The summed E-state index contributed by atoms with van der Waals surface area (Å²) in [6, 6.07) is 10.4. The molecule has 2 aromatic carbocycles. The zero-order valence-electron chi connectivity index (χ0n) is 14.2. The number of hydrogen-bond donors (Lipinski definition) is 1. The van der Waals surface area contributed by atoms with E-state index >= 15 is 0 Å². The lowest BCUT2D eigenvalue weighted by atomic mass is 10.1. The molecule has 0 spiro atoms. The topological polar surface area (TPSA) is 72.5 Å². The Morgan fingerprint density at radius 1 is 1.04 bits per heavy atom. The van der Waals surface area contributed by atoms with Gasteiger partial charge in [-0.3, -0.25) is 4.79 Å². The smallest absolute Gasteiger partial charge is 0.262 e. The van der Waals surface area contributed by atoms with Gasteiger partial charge >= 0.3 is 0 Å². The van der Waals surface area contributed by atoms with E-state index in [9.17, 15) is 13.2 Å². The van der Waals surface area contributed by atoms with E-state index in [1.807, 2.05) is 32.0 Å². The fourth-order valence-electron chi connectivity index (χ4n) is 2.16. The van der Waals surface area contributed by atoms with Gasteiger partial charge in [0.1, 0.15) is 5.75 Å². The van der Waals surface area contributed by atoms with E-state index in [4.69, 9.17) is 4.74 Å². The third-order valence-electron chi connectivity index (χ3n) is 3.61. The van der Waals surface area contributed by atoms with E-state index in [-0.39, 0.29) is 17.4 Å². The van der Waals surface area contributed by atoms with E-state index in [0.29, 0.717) is 11.4 Å². The Morgan fingerprint density at radius 3 is 2.38 bits per heavy atom. The van der Waals surface area contributed by atoms with Crippen molar-refractivity contribution in [3.63, 3.8) is 0 Å². The van der Waals surface area contributed by atoms with E-state index < -0.39 is 9.84 Å². The lowest BCUT2D eigenvalue weighted by Crippen LogP contribution is -2.21. The van der Waals surface area contributed by atoms with Crippen LogP contribution in [-0.4, -0.2) is 27.2 Å². The van der Waals surface area contributed by atoms with Crippen LogP contribution in [0.3, 0.4) is 0 Å². The summed E-state index contributed by atoms with van der Waals surface area (Å²) in [4.78, 5) is 12.3. The van der Waals surface area contributed by atoms with Gasteiger partial charge in [0.25, 0.3) is 5.91 Å². The molecule has 2 aromatic rings. The number of anilines is 1. The molecule has 6 heteroatoms. The van der Waals surface area contributed by atoms with Crippen LogP contribution in [0.15, 0.2) is 41.3 Å². The van der Waals surface area contributed by atoms with Gasteiger partial charge in [-0.15, -0.1) is 0 Å². The minimum Gasteiger partial charge on any atom is -0.483 e. The van der Waals surface area contributed by atoms with Gasteiger partial charge in [-0.2, -0.15) is 0 Å². The van der Waals surface area contributed by atoms with Gasteiger partial charge < -0.3 is 10.1 Å². The van der Waals surface area contributed by atoms with Crippen LogP contribution in [-0.2, 0) is 14.6 Å². The molecular formula is C18H21NO4S. The molecule has 0 bridgehead atoms. The fraction of sp³-hybridized carbons (Fsp3) is 0.278. The van der Waals surface area contributed by atoms with E-state index in [2.05, 4.69) is 5.32 Å². The third kappa shape index (κ3) is 4.58. The van der Waals surface area contributed by atoms with Gasteiger partial charge in [0.05, 0.1) is 4.90 Å². The zero-order valence-corrected chi connectivity index (χ0v) is 15.0. The number of rotatable bonds is 5. The second-order valence-electron chi connectivity index (χ2n) is 5.85. The minimum atomic E-state index is -3.33. The summed E-state index contributed by atoms with van der Waals surface area (Å²) in [6.45, 7) is 5.51. The third-order valence-corrected chi connectivity index (χ3v) is 4.72. The Bertz CT molecular complexity index is 873. The molecule has 1 N–H and O–H groups in total. The highest BCUT2D eigenvalue weighted by Gasteiger charge is 2.12. The van der Waals surface area contributed by atoms with Gasteiger partial charge in [-0.1, -0.05) is 18.2 Å². The number of amides is 1. The van der Waals surface area contributed by atoms with Crippen molar-refractivity contribution in [3.8, 4) is 5.75 Å². The average Bonchev–Trinajstić information content (AvgIpc) is 2.49. The Kier molecular flexibility index (Phi) is 5.29. The Balaban J connectivity index is 2.09. The number of carbonyl (C=O) groups excluding carboxylic acids is 1. The fourth-order valence-corrected chi connectivity index (χ4v) is 2.81. The van der Waals surface area contributed by atoms with Crippen molar-refractivity contribution in [2.45, 2.75) is 25.7 Å². The molecule has 0 atom stereocenters. The van der Waals surface area contributed by atoms with Crippen molar-refractivity contribution in [2.24, 2.45) is 0 Å². The standard InChI is InChI=1S/C18H21NO4S/c1-12-5-6-14(3)17(9-12)23-11-18(20)19-16-10-15(24(4,21)22)8-7-13(16)2/h5-10H,11H2,1-4H3,(H,19,20). The summed E-state index contributed by atoms with van der Waals surface area (Å²) in [5, 5.41) is 2.70. The Hall–Kier alpha value is -2.34. The second kappa shape index (κ2) is 7.05. The van der Waals surface area contributed by atoms with Gasteiger partial charge in [0.2, 0.25) is 0 Å². The zero-order chi connectivity index (χ0) is 17.9. The SMILES string of the molecule is Cc1ccc(C)c(OCC(=O)Nc2cc(S(C)(=O)=O)ccc2C)c1. The number of benzene rings is 2. The first kappa shape index (κ1) is 18.0. The number of aryl methyl sites for hydroxylation is 3. The molecule has 0 unspecified atom stereocenters. The van der Waals surface area contributed by atoms with Gasteiger partial charge in [-0.25, -0.2) is 8.42 Å². The maximum absolute atomic E-state index is 12.1. The first-order valence-electron chi connectivity index (χ1n) is 7.47. The number of carbonyl (C=O) groups is 1. The largest absolute Gasteiger partial charge is 0.483 e. The highest BCUT2D eigenvalue weighted by molar-refractivity contribution is 7.90. The molecule has 0 fully saturated rings. The molecular weight excluding hydrogens is 326 g/mol. The highest BCUT2D eigenvalue weighted by Crippen LogP contribution is 2.21. The number of nitrogens with one attached hydrogen (secondary N) is 1. The molecule has 0 heterocycles. The molecule has 0 aliphatic carbocycles. The van der Waals surface area contributed by atoms with Crippen LogP contribution < -0.4 is 10.1 Å². The molecule has 5 nitrogen and oxygen atoms in total. The summed E-state index contributed by atoms with van der Waals surface area (Å²) in [6.07, 6.45) is 1.13. The number of sulfone groups is 1. The number of hydrogen-bond acceptors (Lipinski definition) is 4. The van der Waals surface area contributed by atoms with Crippen LogP contribution in [0.5, 0.6) is 5.75 Å². The summed E-state index contributed by atoms with van der Waals surface area (Å²) < 4.78 is 28.8. The summed E-state index contributed by atoms with van der Waals surface area (Å²) >= 11 is 0. The molecule has 0 radical (unpaired) electrons. The van der Waals surface area contributed by atoms with Crippen LogP contribution in [0.1, 0.15) is 16.7 Å². The number of ether oxygens (including phenoxy) is 1. The summed E-state index contributed by atoms with van der Waals surface area (Å²) in [5.74, 6) is 0.316. The van der Waals surface area contributed by atoms with Gasteiger partial charge in [-0.05, 0) is 55.7 Å². The maximum atomic E-state index is 12.1. The summed E-state index contributed by atoms with van der Waals surface area (Å²) in [7, 11) is -3.33. The van der Waals surface area contributed by atoms with Crippen LogP contribution in [0.25, 0.3) is 0 Å². The predicted octanol–water partition coefficient (Wildman–Crippen LogP) is 3.03. The molecule has 0 saturated carbocycles. The Morgan fingerprint density at radius 2 is 1.71 bits per heavy atom. The second-order valence-corrected chi connectivity index (χ2v) is 7.87. The normalized spacial score (nSPS) is 11.2. The quantitative estimate of drug-likeness (QED) is 0.902. The van der Waals surface area contributed by atoms with Crippen LogP contribution in [0.4, 0.5) is 5.69 Å². The molecule has 128 valence electrons. The van der Waals surface area contributed by atoms with Crippen molar-refractivity contribution < 1.29 is 17.9 Å². The lowest BCUT2D eigenvalue weighted by Gasteiger charge is -2.12. The van der Waals surface area contributed by atoms with Crippen molar-refractivity contribution in [2.75, 3.05) is 18.2 Å². The van der Waals surface area contributed by atoms with Crippen LogP contribution >= 0.6 is 0 Å². The molecule has 1 amide bonds. The Labute approximate surface area is 142 Å². The van der Waals surface area contributed by atoms with Gasteiger partial charge in [0, 0.05) is 11.9 Å². The predicted molar refractivity (Wildman–Crippen MR) is 94.3 cm³/mol. The highest BCUT2D eigenvalue weighted by atomic mass is 32.2. The van der Waals surface area contributed by atoms with E-state index in [1.165, 1.54) is 12.1 Å². The molecule has 0 aliphatic rings. The average molecular weight is 347 g/mol. The van der Waals surface area contributed by atoms with Crippen LogP contribution in [0, 0.1) is 20.8 Å². The van der Waals surface area contributed by atoms with E-state index in [1.54, 1.807) is 13.0 Å². The monoisotopic (exact) mass is 347 g/mol. The van der Waals surface area contributed by atoms with Crippen LogP contribution in [0.2, 0.25) is 0 Å². The van der Waals surface area contributed by atoms with Crippen molar-refractivity contribution >= 4 is 21.4 Å². The molecule has 0 aromatic heterocycles. The van der Waals surface area contributed by atoms with Crippen molar-refractivity contribution in [3.05, 3.63) is 53.1 Å². The first-order chi connectivity index (χ1) is 11.2. The van der Waals surface area contributed by atoms with Crippen molar-refractivity contribution in [1.82, 2.24) is 0 Å². The maximum Gasteiger partial charge on any atom is 0.262 e. The van der Waals surface area contributed by atoms with Crippen molar-refractivity contribution in [1.29, 1.82) is 0 Å². The van der Waals surface area contributed by atoms with E-state index in [0.717, 1.165) is 22.9 Å². The molecule has 2 rings (SSSR count). The summed E-state index contributed by atoms with van der Waals surface area (Å²) in [5.41, 5.74) is 3.24. The van der Waals surface area contributed by atoms with Gasteiger partial charge in [0.15, 0.2) is 16.4 Å². The molecule has 24 heavy (non-hydrogen) atoms. The molecule has 0 aliphatic heterocycles.